The van der Waals surface area contributed by atoms with E-state index in [0.29, 0.717) is 19.1 Å². The van der Waals surface area contributed by atoms with Gasteiger partial charge in [0.2, 0.25) is 0 Å². The van der Waals surface area contributed by atoms with Gasteiger partial charge < -0.3 is 19.5 Å². The lowest BCUT2D eigenvalue weighted by molar-refractivity contribution is -0.144. The zero-order chi connectivity index (χ0) is 27.4. The Labute approximate surface area is 239 Å². The molecule has 1 aromatic heterocycles. The van der Waals surface area contributed by atoms with Crippen LogP contribution in [-0.4, -0.2) is 66.4 Å². The molecule has 0 bridgehead atoms. The van der Waals surface area contributed by atoms with E-state index >= 15 is 0 Å². The summed E-state index contributed by atoms with van der Waals surface area (Å²) in [5.74, 6) is 0.494. The predicted molar refractivity (Wildman–Crippen MR) is 156 cm³/mol. The number of aliphatic carboxylic acids is 1. The highest BCUT2D eigenvalue weighted by Crippen LogP contribution is 2.58. The normalized spacial score (nSPS) is 24.6. The van der Waals surface area contributed by atoms with Gasteiger partial charge in [0.1, 0.15) is 12.4 Å². The van der Waals surface area contributed by atoms with E-state index in [9.17, 15) is 9.90 Å². The van der Waals surface area contributed by atoms with Gasteiger partial charge in [-0.05, 0) is 79.3 Å². The van der Waals surface area contributed by atoms with Gasteiger partial charge in [-0.2, -0.15) is 0 Å². The second-order valence-electron chi connectivity index (χ2n) is 12.0. The monoisotopic (exact) mass is 559 g/mol. The first-order valence-electron chi connectivity index (χ1n) is 14.5. The number of aromatic nitrogens is 1. The van der Waals surface area contributed by atoms with Crippen molar-refractivity contribution in [1.29, 1.82) is 0 Å². The first kappa shape index (κ1) is 26.0. The zero-order valence-corrected chi connectivity index (χ0v) is 24.1. The summed E-state index contributed by atoms with van der Waals surface area (Å²) in [5, 5.41) is 12.7. The Morgan fingerprint density at radius 3 is 2.80 bits per heavy atom. The third kappa shape index (κ3) is 4.50. The molecule has 0 amide bonds. The van der Waals surface area contributed by atoms with Crippen LogP contribution >= 0.6 is 11.3 Å². The average molecular weight is 560 g/mol. The van der Waals surface area contributed by atoms with Gasteiger partial charge in [0, 0.05) is 37.1 Å². The van der Waals surface area contributed by atoms with Gasteiger partial charge in [-0.25, -0.2) is 4.98 Å². The fourth-order valence-corrected chi connectivity index (χ4v) is 7.78. The van der Waals surface area contributed by atoms with Crippen molar-refractivity contribution >= 4 is 22.4 Å². The van der Waals surface area contributed by atoms with Crippen molar-refractivity contribution in [3.8, 4) is 17.0 Å². The van der Waals surface area contributed by atoms with Crippen LogP contribution in [0.5, 0.6) is 5.75 Å². The van der Waals surface area contributed by atoms with Crippen molar-refractivity contribution < 1.29 is 19.4 Å². The SMILES string of the molecule is Cc1cccc(-c2csc(N3CC[C@@]4(C(=O)O)C[C@H]4C3)n2)c1OCc1ccc2c(c1C)CCN(C1COC1)CC2. The summed E-state index contributed by atoms with van der Waals surface area (Å²) in [6.07, 6.45) is 3.67. The third-order valence-corrected chi connectivity index (χ3v) is 10.7. The Morgan fingerprint density at radius 1 is 1.18 bits per heavy atom. The van der Waals surface area contributed by atoms with Gasteiger partial charge in [-0.1, -0.05) is 24.3 Å². The lowest BCUT2D eigenvalue weighted by Gasteiger charge is -2.36. The number of carbonyl (C=O) groups is 1. The highest BCUT2D eigenvalue weighted by atomic mass is 32.1. The molecule has 0 unspecified atom stereocenters. The van der Waals surface area contributed by atoms with Gasteiger partial charge in [-0.15, -0.1) is 11.3 Å². The lowest BCUT2D eigenvalue weighted by atomic mass is 9.94. The fourth-order valence-electron chi connectivity index (χ4n) is 6.92. The summed E-state index contributed by atoms with van der Waals surface area (Å²) in [5.41, 5.74) is 8.11. The molecule has 0 radical (unpaired) electrons. The quantitative estimate of drug-likeness (QED) is 0.431. The molecule has 1 aliphatic carbocycles. The van der Waals surface area contributed by atoms with Crippen molar-refractivity contribution in [2.24, 2.45) is 11.3 Å². The first-order chi connectivity index (χ1) is 19.4. The molecule has 0 spiro atoms. The summed E-state index contributed by atoms with van der Waals surface area (Å²) in [4.78, 5) is 21.6. The van der Waals surface area contributed by atoms with Gasteiger partial charge in [-0.3, -0.25) is 9.69 Å². The van der Waals surface area contributed by atoms with Crippen LogP contribution in [0.1, 0.15) is 40.7 Å². The van der Waals surface area contributed by atoms with E-state index in [-0.39, 0.29) is 5.92 Å². The molecule has 2 aromatic carbocycles. The molecular formula is C32H37N3O4S. The largest absolute Gasteiger partial charge is 0.488 e. The number of carboxylic acids is 1. The van der Waals surface area contributed by atoms with Gasteiger partial charge in [0.05, 0.1) is 30.4 Å². The molecule has 40 heavy (non-hydrogen) atoms. The number of aryl methyl sites for hydroxylation is 1. The topological polar surface area (TPSA) is 75.1 Å². The van der Waals surface area contributed by atoms with Crippen LogP contribution in [-0.2, 0) is 29.0 Å². The summed E-state index contributed by atoms with van der Waals surface area (Å²) in [6, 6.07) is 11.4. The maximum Gasteiger partial charge on any atom is 0.310 e. The molecule has 210 valence electrons. The van der Waals surface area contributed by atoms with E-state index in [0.717, 1.165) is 86.4 Å². The highest BCUT2D eigenvalue weighted by Gasteiger charge is 2.62. The van der Waals surface area contributed by atoms with Crippen LogP contribution in [0.25, 0.3) is 11.3 Å². The summed E-state index contributed by atoms with van der Waals surface area (Å²) in [7, 11) is 0. The number of ether oxygens (including phenoxy) is 2. The van der Waals surface area contributed by atoms with E-state index in [4.69, 9.17) is 14.5 Å². The van der Waals surface area contributed by atoms with Crippen LogP contribution in [0, 0.1) is 25.2 Å². The molecule has 4 heterocycles. The third-order valence-electron chi connectivity index (χ3n) is 9.81. The van der Waals surface area contributed by atoms with Crippen LogP contribution < -0.4 is 9.64 Å². The number of nitrogens with zero attached hydrogens (tertiary/aromatic N) is 3. The molecule has 7 rings (SSSR count). The fraction of sp³-hybridized carbons (Fsp3) is 0.500. The van der Waals surface area contributed by atoms with E-state index in [2.05, 4.69) is 59.4 Å². The van der Waals surface area contributed by atoms with Crippen molar-refractivity contribution in [3.63, 3.8) is 0 Å². The molecular weight excluding hydrogens is 522 g/mol. The Morgan fingerprint density at radius 2 is 2.02 bits per heavy atom. The smallest absolute Gasteiger partial charge is 0.310 e. The van der Waals surface area contributed by atoms with Gasteiger partial charge >= 0.3 is 5.97 Å². The second-order valence-corrected chi connectivity index (χ2v) is 12.9. The molecule has 1 saturated carbocycles. The second kappa shape index (κ2) is 10.2. The summed E-state index contributed by atoms with van der Waals surface area (Å²) >= 11 is 1.64. The Kier molecular flexibility index (Phi) is 6.60. The molecule has 7 nitrogen and oxygen atoms in total. The number of fused-ring (bicyclic) bond motifs is 2. The molecule has 3 fully saturated rings. The lowest BCUT2D eigenvalue weighted by Crippen LogP contribution is -2.49. The number of piperidine rings is 1. The number of rotatable bonds is 7. The standard InChI is InChI=1S/C32H37N3O4S/c1-20-4-3-5-27(28-19-40-31(33-28)35-13-10-32(30(36)37)14-24(32)15-35)29(20)39-16-23-7-6-22-8-11-34(25-17-38-18-25)12-9-26(22)21(23)2/h3-7,19,24-25H,8-18H2,1-2H3,(H,36,37)/t24-,32+/m0/s1. The van der Waals surface area contributed by atoms with E-state index in [1.54, 1.807) is 11.3 Å². The van der Waals surface area contributed by atoms with Gasteiger partial charge in [0.15, 0.2) is 5.13 Å². The highest BCUT2D eigenvalue weighted by molar-refractivity contribution is 7.14. The first-order valence-corrected chi connectivity index (χ1v) is 15.4. The van der Waals surface area contributed by atoms with Crippen LogP contribution in [0.3, 0.4) is 0 Å². The van der Waals surface area contributed by atoms with Crippen LogP contribution in [0.4, 0.5) is 5.13 Å². The van der Waals surface area contributed by atoms with Crippen LogP contribution in [0.2, 0.25) is 0 Å². The number of carboxylic acid groups (broad SMARTS) is 1. The van der Waals surface area contributed by atoms with E-state index < -0.39 is 11.4 Å². The molecule has 3 aliphatic heterocycles. The zero-order valence-electron chi connectivity index (χ0n) is 23.3. The Balaban J connectivity index is 1.07. The molecule has 8 heteroatoms. The maximum absolute atomic E-state index is 11.7. The molecule has 4 aliphatic rings. The maximum atomic E-state index is 11.7. The number of benzene rings is 2. The number of para-hydroxylation sites is 1. The number of hydrogen-bond acceptors (Lipinski definition) is 7. The van der Waals surface area contributed by atoms with E-state index in [1.165, 1.54) is 22.3 Å². The van der Waals surface area contributed by atoms with Crippen LogP contribution in [0.15, 0.2) is 35.7 Å². The van der Waals surface area contributed by atoms with Crippen molar-refractivity contribution in [2.45, 2.75) is 52.2 Å². The average Bonchev–Trinajstić information content (AvgIpc) is 3.54. The van der Waals surface area contributed by atoms with Crippen molar-refractivity contribution in [2.75, 3.05) is 44.3 Å². The van der Waals surface area contributed by atoms with E-state index in [1.807, 2.05) is 0 Å². The van der Waals surface area contributed by atoms with Crippen molar-refractivity contribution in [3.05, 3.63) is 63.5 Å². The van der Waals surface area contributed by atoms with Crippen molar-refractivity contribution in [1.82, 2.24) is 9.88 Å². The number of thiazole rings is 1. The Hall–Kier alpha value is -2.94. The Bertz CT molecular complexity index is 1450. The minimum absolute atomic E-state index is 0.239. The molecule has 1 N–H and O–H groups in total. The minimum atomic E-state index is -0.631. The summed E-state index contributed by atoms with van der Waals surface area (Å²) < 4.78 is 12.0. The molecule has 3 aromatic rings. The molecule has 2 atom stereocenters. The summed E-state index contributed by atoms with van der Waals surface area (Å²) in [6.45, 7) is 10.3. The number of anilines is 1. The predicted octanol–water partition coefficient (Wildman–Crippen LogP) is 5.11. The number of hydrogen-bond donors (Lipinski definition) is 1. The van der Waals surface area contributed by atoms with Gasteiger partial charge in [0.25, 0.3) is 0 Å². The molecule has 2 saturated heterocycles. The minimum Gasteiger partial charge on any atom is -0.488 e.